The van der Waals surface area contributed by atoms with Gasteiger partial charge in [0.2, 0.25) is 0 Å². The van der Waals surface area contributed by atoms with Gasteiger partial charge in [0.05, 0.1) is 20.8 Å². The molecule has 0 spiro atoms. The SMILES string of the molecule is CCOC(=O)[C@H](O)[C@@H](O)c1cc(OC)c(OC)cc1CCNC(=O)OC(C)(C)C. The van der Waals surface area contributed by atoms with Gasteiger partial charge in [-0.15, -0.1) is 0 Å². The molecule has 0 aliphatic rings. The van der Waals surface area contributed by atoms with Crippen LogP contribution in [0.1, 0.15) is 44.9 Å². The fraction of sp³-hybridized carbons (Fsp3) is 0.600. The van der Waals surface area contributed by atoms with E-state index in [9.17, 15) is 19.8 Å². The van der Waals surface area contributed by atoms with Crippen LogP contribution in [0.4, 0.5) is 4.79 Å². The van der Waals surface area contributed by atoms with Crippen molar-refractivity contribution in [3.05, 3.63) is 23.3 Å². The normalized spacial score (nSPS) is 13.2. The van der Waals surface area contributed by atoms with Crippen LogP contribution in [0, 0.1) is 0 Å². The third-order valence-corrected chi connectivity index (χ3v) is 3.85. The zero-order chi connectivity index (χ0) is 22.2. The topological polar surface area (TPSA) is 124 Å². The number of nitrogens with one attached hydrogen (secondary N) is 1. The molecule has 0 heterocycles. The van der Waals surface area contributed by atoms with Gasteiger partial charge in [-0.25, -0.2) is 9.59 Å². The minimum atomic E-state index is -1.77. The van der Waals surface area contributed by atoms with Gasteiger partial charge in [0.15, 0.2) is 17.6 Å². The second kappa shape index (κ2) is 10.9. The first-order valence-electron chi connectivity index (χ1n) is 9.28. The highest BCUT2D eigenvalue weighted by Crippen LogP contribution is 2.34. The summed E-state index contributed by atoms with van der Waals surface area (Å²) in [4.78, 5) is 23.7. The highest BCUT2D eigenvalue weighted by Gasteiger charge is 2.30. The molecular weight excluding hydrogens is 382 g/mol. The maximum absolute atomic E-state index is 11.8. The van der Waals surface area contributed by atoms with E-state index in [2.05, 4.69) is 5.32 Å². The molecule has 0 aromatic heterocycles. The maximum atomic E-state index is 11.8. The number of rotatable bonds is 9. The fourth-order valence-electron chi connectivity index (χ4n) is 2.57. The molecule has 0 aliphatic carbocycles. The minimum absolute atomic E-state index is 0.0706. The fourth-order valence-corrected chi connectivity index (χ4v) is 2.57. The minimum Gasteiger partial charge on any atom is -0.493 e. The summed E-state index contributed by atoms with van der Waals surface area (Å²) >= 11 is 0. The Kier molecular flexibility index (Phi) is 9.19. The number of aliphatic hydroxyl groups is 2. The Morgan fingerprint density at radius 1 is 1.10 bits per heavy atom. The number of aliphatic hydroxyl groups excluding tert-OH is 2. The second-order valence-corrected chi connectivity index (χ2v) is 7.23. The van der Waals surface area contributed by atoms with Crippen molar-refractivity contribution in [3.63, 3.8) is 0 Å². The molecule has 2 atom stereocenters. The van der Waals surface area contributed by atoms with Gasteiger partial charge in [0.25, 0.3) is 0 Å². The molecule has 9 heteroatoms. The molecule has 1 aromatic rings. The Morgan fingerprint density at radius 2 is 1.69 bits per heavy atom. The molecular formula is C20H31NO8. The lowest BCUT2D eigenvalue weighted by molar-refractivity contribution is -0.159. The predicted octanol–water partition coefficient (Wildman–Crippen LogP) is 1.73. The molecule has 29 heavy (non-hydrogen) atoms. The average Bonchev–Trinajstić information content (AvgIpc) is 2.65. The van der Waals surface area contributed by atoms with Crippen LogP contribution in [-0.4, -0.2) is 61.4 Å². The first kappa shape index (κ1) is 24.5. The number of ether oxygens (including phenoxy) is 4. The number of alkyl carbamates (subject to hydrolysis) is 1. The molecule has 1 amide bonds. The standard InChI is InChI=1S/C20H31NO8/c1-7-28-18(24)17(23)16(22)13-11-15(27-6)14(26-5)10-12(13)8-9-21-19(25)29-20(2,3)4/h10-11,16-17,22-23H,7-9H2,1-6H3,(H,21,25)/t16-,17+/m0/s1. The second-order valence-electron chi connectivity index (χ2n) is 7.23. The molecule has 9 nitrogen and oxygen atoms in total. The van der Waals surface area contributed by atoms with E-state index in [1.807, 2.05) is 0 Å². The molecule has 1 rings (SSSR count). The van der Waals surface area contributed by atoms with Crippen LogP contribution in [0.3, 0.4) is 0 Å². The molecule has 0 fully saturated rings. The van der Waals surface area contributed by atoms with E-state index in [0.717, 1.165) is 0 Å². The smallest absolute Gasteiger partial charge is 0.407 e. The quantitative estimate of drug-likeness (QED) is 0.523. The van der Waals surface area contributed by atoms with Gasteiger partial charge in [-0.1, -0.05) is 0 Å². The Bertz CT molecular complexity index is 698. The van der Waals surface area contributed by atoms with Gasteiger partial charge in [-0.3, -0.25) is 0 Å². The zero-order valence-corrected chi connectivity index (χ0v) is 17.8. The van der Waals surface area contributed by atoms with Crippen LogP contribution in [0.2, 0.25) is 0 Å². The zero-order valence-electron chi connectivity index (χ0n) is 17.8. The van der Waals surface area contributed by atoms with Crippen molar-refractivity contribution in [1.29, 1.82) is 0 Å². The molecule has 0 saturated carbocycles. The average molecular weight is 413 g/mol. The van der Waals surface area contributed by atoms with Crippen molar-refractivity contribution in [1.82, 2.24) is 5.32 Å². The highest BCUT2D eigenvalue weighted by atomic mass is 16.6. The first-order valence-corrected chi connectivity index (χ1v) is 9.28. The van der Waals surface area contributed by atoms with Crippen LogP contribution in [-0.2, 0) is 20.7 Å². The van der Waals surface area contributed by atoms with Gasteiger partial charge in [0.1, 0.15) is 11.7 Å². The van der Waals surface area contributed by atoms with Crippen molar-refractivity contribution in [2.45, 2.75) is 51.9 Å². The Balaban J connectivity index is 3.07. The van der Waals surface area contributed by atoms with Crippen molar-refractivity contribution < 1.29 is 38.7 Å². The molecule has 0 unspecified atom stereocenters. The van der Waals surface area contributed by atoms with Gasteiger partial charge < -0.3 is 34.5 Å². The van der Waals surface area contributed by atoms with Crippen molar-refractivity contribution >= 4 is 12.1 Å². The van der Waals surface area contributed by atoms with E-state index in [0.29, 0.717) is 17.1 Å². The van der Waals surface area contributed by atoms with Gasteiger partial charge in [-0.2, -0.15) is 0 Å². The van der Waals surface area contributed by atoms with Crippen LogP contribution in [0.5, 0.6) is 11.5 Å². The Morgan fingerprint density at radius 3 is 2.21 bits per heavy atom. The van der Waals surface area contributed by atoms with Crippen molar-refractivity contribution in [3.8, 4) is 11.5 Å². The van der Waals surface area contributed by atoms with E-state index >= 15 is 0 Å². The Labute approximate surface area is 170 Å². The number of carbonyl (C=O) groups excluding carboxylic acids is 2. The number of amides is 1. The third kappa shape index (κ3) is 7.43. The molecule has 0 aliphatic heterocycles. The molecule has 0 saturated heterocycles. The summed E-state index contributed by atoms with van der Waals surface area (Å²) in [5.74, 6) is -0.213. The monoisotopic (exact) mass is 413 g/mol. The summed E-state index contributed by atoms with van der Waals surface area (Å²) in [6.07, 6.45) is -3.62. The number of carbonyl (C=O) groups is 2. The first-order chi connectivity index (χ1) is 13.5. The highest BCUT2D eigenvalue weighted by molar-refractivity contribution is 5.75. The largest absolute Gasteiger partial charge is 0.493 e. The predicted molar refractivity (Wildman–Crippen MR) is 105 cm³/mol. The Hall–Kier alpha value is -2.52. The summed E-state index contributed by atoms with van der Waals surface area (Å²) in [6.45, 7) is 7.13. The lowest BCUT2D eigenvalue weighted by Crippen LogP contribution is -2.34. The summed E-state index contributed by atoms with van der Waals surface area (Å²) in [5, 5.41) is 23.3. The van der Waals surface area contributed by atoms with E-state index in [4.69, 9.17) is 18.9 Å². The third-order valence-electron chi connectivity index (χ3n) is 3.85. The van der Waals surface area contributed by atoms with E-state index in [1.165, 1.54) is 20.3 Å². The maximum Gasteiger partial charge on any atom is 0.407 e. The summed E-state index contributed by atoms with van der Waals surface area (Å²) in [5.41, 5.74) is 0.183. The number of hydrogen-bond donors (Lipinski definition) is 3. The van der Waals surface area contributed by atoms with Crippen LogP contribution >= 0.6 is 0 Å². The van der Waals surface area contributed by atoms with Gasteiger partial charge in [0, 0.05) is 6.54 Å². The van der Waals surface area contributed by atoms with Crippen LogP contribution < -0.4 is 14.8 Å². The number of benzene rings is 1. The van der Waals surface area contributed by atoms with E-state index in [-0.39, 0.29) is 25.1 Å². The molecule has 164 valence electrons. The summed E-state index contributed by atoms with van der Waals surface area (Å²) in [7, 11) is 2.89. The van der Waals surface area contributed by atoms with Crippen molar-refractivity contribution in [2.75, 3.05) is 27.4 Å². The number of hydrogen-bond acceptors (Lipinski definition) is 8. The molecule has 1 aromatic carbocycles. The molecule has 0 bridgehead atoms. The number of esters is 1. The lowest BCUT2D eigenvalue weighted by Gasteiger charge is -2.22. The molecule has 0 radical (unpaired) electrons. The van der Waals surface area contributed by atoms with Gasteiger partial charge in [-0.05, 0) is 57.4 Å². The molecule has 3 N–H and O–H groups in total. The van der Waals surface area contributed by atoms with Crippen LogP contribution in [0.15, 0.2) is 12.1 Å². The summed E-state index contributed by atoms with van der Waals surface area (Å²) < 4.78 is 20.5. The van der Waals surface area contributed by atoms with E-state index in [1.54, 1.807) is 33.8 Å². The van der Waals surface area contributed by atoms with Crippen LogP contribution in [0.25, 0.3) is 0 Å². The summed E-state index contributed by atoms with van der Waals surface area (Å²) in [6, 6.07) is 3.10. The van der Waals surface area contributed by atoms with Crippen molar-refractivity contribution in [2.24, 2.45) is 0 Å². The lowest BCUT2D eigenvalue weighted by atomic mass is 9.95. The van der Waals surface area contributed by atoms with Gasteiger partial charge >= 0.3 is 12.1 Å². The number of methoxy groups -OCH3 is 2. The van der Waals surface area contributed by atoms with E-state index < -0.39 is 29.9 Å².